The average molecular weight is 247 g/mol. The van der Waals surface area contributed by atoms with E-state index >= 15 is 0 Å². The number of likely N-dealkylation sites (N-methyl/N-ethyl adjacent to an activating group) is 1. The summed E-state index contributed by atoms with van der Waals surface area (Å²) in [5, 5.41) is 3.08. The van der Waals surface area contributed by atoms with Gasteiger partial charge in [-0.2, -0.15) is 0 Å². The summed E-state index contributed by atoms with van der Waals surface area (Å²) in [5.74, 6) is 1.73. The van der Waals surface area contributed by atoms with E-state index in [-0.39, 0.29) is 0 Å². The molecule has 1 aliphatic rings. The molecule has 1 fully saturated rings. The van der Waals surface area contributed by atoms with Crippen LogP contribution in [0.2, 0.25) is 0 Å². The zero-order chi connectivity index (χ0) is 12.5. The minimum absolute atomic E-state index is 0.380. The monoisotopic (exact) mass is 247 g/mol. The predicted octanol–water partition coefficient (Wildman–Crippen LogP) is 0.996. The van der Waals surface area contributed by atoms with Gasteiger partial charge in [0.25, 0.3) is 0 Å². The largest absolute Gasteiger partial charge is 0.379 e. The number of hydrogen-bond acceptors (Lipinski definition) is 5. The van der Waals surface area contributed by atoms with Crippen LogP contribution in [0.15, 0.2) is 18.6 Å². The number of aromatic nitrogens is 3. The van der Waals surface area contributed by atoms with Crippen molar-refractivity contribution in [3.63, 3.8) is 0 Å². The first-order valence-corrected chi connectivity index (χ1v) is 6.11. The highest BCUT2D eigenvalue weighted by atomic mass is 16.5. The van der Waals surface area contributed by atoms with Gasteiger partial charge in [0.05, 0.1) is 18.8 Å². The Hall–Kier alpha value is -1.82. The van der Waals surface area contributed by atoms with E-state index in [1.54, 1.807) is 6.20 Å². The van der Waals surface area contributed by atoms with E-state index in [1.165, 1.54) is 0 Å². The molecular formula is C12H17N5O. The Labute approximate surface area is 106 Å². The molecule has 6 nitrogen and oxygen atoms in total. The Bertz CT molecular complexity index is 546. The summed E-state index contributed by atoms with van der Waals surface area (Å²) >= 11 is 0. The number of rotatable bonds is 3. The van der Waals surface area contributed by atoms with Crippen LogP contribution in [0.3, 0.4) is 0 Å². The van der Waals surface area contributed by atoms with Crippen molar-refractivity contribution in [2.24, 2.45) is 0 Å². The molecule has 1 saturated heterocycles. The van der Waals surface area contributed by atoms with Crippen LogP contribution in [0.25, 0.3) is 5.65 Å². The molecule has 0 bridgehead atoms. The van der Waals surface area contributed by atoms with Gasteiger partial charge in [0, 0.05) is 33.1 Å². The second-order valence-electron chi connectivity index (χ2n) is 4.49. The van der Waals surface area contributed by atoms with Crippen molar-refractivity contribution in [1.82, 2.24) is 14.4 Å². The summed E-state index contributed by atoms with van der Waals surface area (Å²) in [5.41, 5.74) is 0.878. The van der Waals surface area contributed by atoms with Crippen molar-refractivity contribution in [3.05, 3.63) is 18.6 Å². The first-order chi connectivity index (χ1) is 8.79. The smallest absolute Gasteiger partial charge is 0.180 e. The number of imidazole rings is 1. The third-order valence-corrected chi connectivity index (χ3v) is 3.40. The zero-order valence-corrected chi connectivity index (χ0v) is 10.6. The fourth-order valence-corrected chi connectivity index (χ4v) is 2.27. The van der Waals surface area contributed by atoms with Crippen molar-refractivity contribution < 1.29 is 4.74 Å². The van der Waals surface area contributed by atoms with E-state index in [4.69, 9.17) is 4.74 Å². The van der Waals surface area contributed by atoms with Gasteiger partial charge < -0.3 is 19.4 Å². The number of ether oxygens (including phenoxy) is 1. The van der Waals surface area contributed by atoms with Gasteiger partial charge in [0.15, 0.2) is 11.5 Å². The Balaban J connectivity index is 2.05. The molecule has 18 heavy (non-hydrogen) atoms. The molecule has 0 radical (unpaired) electrons. The zero-order valence-electron chi connectivity index (χ0n) is 10.6. The van der Waals surface area contributed by atoms with E-state index in [0.717, 1.165) is 36.9 Å². The maximum Gasteiger partial charge on any atom is 0.180 e. The molecule has 1 unspecified atom stereocenters. The highest BCUT2D eigenvalue weighted by molar-refractivity contribution is 5.67. The van der Waals surface area contributed by atoms with Gasteiger partial charge in [-0.25, -0.2) is 9.97 Å². The van der Waals surface area contributed by atoms with E-state index in [0.29, 0.717) is 6.04 Å². The van der Waals surface area contributed by atoms with Crippen molar-refractivity contribution in [2.75, 3.05) is 37.5 Å². The van der Waals surface area contributed by atoms with E-state index in [2.05, 4.69) is 27.2 Å². The van der Waals surface area contributed by atoms with Crippen molar-refractivity contribution >= 4 is 17.3 Å². The Morgan fingerprint density at radius 2 is 2.44 bits per heavy atom. The van der Waals surface area contributed by atoms with Gasteiger partial charge >= 0.3 is 0 Å². The van der Waals surface area contributed by atoms with Crippen LogP contribution in [0.5, 0.6) is 0 Å². The molecule has 1 aliphatic heterocycles. The van der Waals surface area contributed by atoms with Crippen LogP contribution in [0, 0.1) is 0 Å². The van der Waals surface area contributed by atoms with E-state index in [9.17, 15) is 0 Å². The van der Waals surface area contributed by atoms with Crippen LogP contribution in [0.4, 0.5) is 11.6 Å². The molecule has 2 aromatic heterocycles. The predicted molar refractivity (Wildman–Crippen MR) is 70.2 cm³/mol. The van der Waals surface area contributed by atoms with Gasteiger partial charge in [-0.05, 0) is 6.42 Å². The standard InChI is InChI=1S/C12H17N5O/c1-13-10-7-17-5-4-14-11(17)12(15-10)16(2)9-3-6-18-8-9/h4-5,7,9,13H,3,6,8H2,1-2H3. The maximum atomic E-state index is 5.44. The van der Waals surface area contributed by atoms with Crippen molar-refractivity contribution in [3.8, 4) is 0 Å². The lowest BCUT2D eigenvalue weighted by molar-refractivity contribution is 0.193. The lowest BCUT2D eigenvalue weighted by Crippen LogP contribution is -2.33. The molecule has 96 valence electrons. The topological polar surface area (TPSA) is 54.7 Å². The minimum atomic E-state index is 0.380. The maximum absolute atomic E-state index is 5.44. The minimum Gasteiger partial charge on any atom is -0.379 e. The first-order valence-electron chi connectivity index (χ1n) is 6.11. The molecule has 0 amide bonds. The van der Waals surface area contributed by atoms with Crippen LogP contribution in [0.1, 0.15) is 6.42 Å². The summed E-state index contributed by atoms with van der Waals surface area (Å²) in [6.45, 7) is 1.58. The van der Waals surface area contributed by atoms with Crippen molar-refractivity contribution in [1.29, 1.82) is 0 Å². The fraction of sp³-hybridized carbons (Fsp3) is 0.500. The molecule has 0 aliphatic carbocycles. The Kier molecular flexibility index (Phi) is 2.79. The van der Waals surface area contributed by atoms with Crippen LogP contribution >= 0.6 is 0 Å². The summed E-state index contributed by atoms with van der Waals surface area (Å²) in [6, 6.07) is 0.380. The molecule has 2 aromatic rings. The van der Waals surface area contributed by atoms with Gasteiger partial charge in [0.2, 0.25) is 0 Å². The quantitative estimate of drug-likeness (QED) is 0.876. The van der Waals surface area contributed by atoms with E-state index < -0.39 is 0 Å². The Morgan fingerprint density at radius 1 is 1.56 bits per heavy atom. The molecule has 3 heterocycles. The molecule has 1 atom stereocenters. The van der Waals surface area contributed by atoms with Gasteiger partial charge in [-0.1, -0.05) is 0 Å². The first kappa shape index (κ1) is 11.3. The summed E-state index contributed by atoms with van der Waals surface area (Å²) < 4.78 is 7.42. The summed E-state index contributed by atoms with van der Waals surface area (Å²) in [4.78, 5) is 11.2. The fourth-order valence-electron chi connectivity index (χ4n) is 2.27. The Morgan fingerprint density at radius 3 is 3.17 bits per heavy atom. The third kappa shape index (κ3) is 1.78. The summed E-state index contributed by atoms with van der Waals surface area (Å²) in [6.07, 6.45) is 6.69. The number of anilines is 2. The highest BCUT2D eigenvalue weighted by Crippen LogP contribution is 2.23. The molecule has 1 N–H and O–H groups in total. The second-order valence-corrected chi connectivity index (χ2v) is 4.49. The number of nitrogens with one attached hydrogen (secondary N) is 1. The van der Waals surface area contributed by atoms with Crippen LogP contribution in [-0.4, -0.2) is 47.7 Å². The number of fused-ring (bicyclic) bond motifs is 1. The third-order valence-electron chi connectivity index (χ3n) is 3.40. The van der Waals surface area contributed by atoms with Crippen molar-refractivity contribution in [2.45, 2.75) is 12.5 Å². The normalized spacial score (nSPS) is 19.3. The summed E-state index contributed by atoms with van der Waals surface area (Å²) in [7, 11) is 3.92. The van der Waals surface area contributed by atoms with Crippen LogP contribution in [-0.2, 0) is 4.74 Å². The molecule has 6 heteroatoms. The lowest BCUT2D eigenvalue weighted by atomic mass is 10.2. The number of hydrogen-bond donors (Lipinski definition) is 1. The average Bonchev–Trinajstić information content (AvgIpc) is 3.07. The molecular weight excluding hydrogens is 230 g/mol. The van der Waals surface area contributed by atoms with Gasteiger partial charge in [-0.15, -0.1) is 0 Å². The van der Waals surface area contributed by atoms with Gasteiger partial charge in [0.1, 0.15) is 5.82 Å². The SMILES string of the molecule is CNc1cn2ccnc2c(N(C)C2CCOC2)n1. The second kappa shape index (κ2) is 4.45. The molecule has 0 aromatic carbocycles. The molecule has 0 saturated carbocycles. The molecule has 0 spiro atoms. The highest BCUT2D eigenvalue weighted by Gasteiger charge is 2.23. The van der Waals surface area contributed by atoms with Gasteiger partial charge in [-0.3, -0.25) is 0 Å². The molecule has 3 rings (SSSR count). The number of nitrogens with zero attached hydrogens (tertiary/aromatic N) is 4. The lowest BCUT2D eigenvalue weighted by Gasteiger charge is -2.24. The van der Waals surface area contributed by atoms with Crippen LogP contribution < -0.4 is 10.2 Å². The van der Waals surface area contributed by atoms with E-state index in [1.807, 2.05) is 23.8 Å².